The summed E-state index contributed by atoms with van der Waals surface area (Å²) in [4.78, 5) is 38.0. The highest BCUT2D eigenvalue weighted by Gasteiger charge is 2.36. The topological polar surface area (TPSA) is 122 Å². The molecule has 1 fully saturated rings. The SMILES string of the molecule is Nc1nccnc1C(=O)N1CCCCC2(CO)CCN(CC2)C(=O)c2ccccc2OCC1. The van der Waals surface area contributed by atoms with E-state index in [-0.39, 0.29) is 42.0 Å². The van der Waals surface area contributed by atoms with Crippen LogP contribution in [-0.2, 0) is 0 Å². The third kappa shape index (κ3) is 5.08. The predicted octanol–water partition coefficient (Wildman–Crippen LogP) is 1.98. The molecule has 0 atom stereocenters. The van der Waals surface area contributed by atoms with Crippen molar-refractivity contribution in [3.05, 3.63) is 47.9 Å². The van der Waals surface area contributed by atoms with Crippen LogP contribution in [0.5, 0.6) is 5.75 Å². The molecule has 2 amide bonds. The first kappa shape index (κ1) is 23.0. The van der Waals surface area contributed by atoms with Crippen molar-refractivity contribution in [2.75, 3.05) is 45.1 Å². The number of ether oxygens (including phenoxy) is 1. The van der Waals surface area contributed by atoms with E-state index in [0.717, 1.165) is 32.1 Å². The molecule has 2 aromatic rings. The van der Waals surface area contributed by atoms with Crippen molar-refractivity contribution in [2.24, 2.45) is 5.41 Å². The Kier molecular flexibility index (Phi) is 7.08. The Balaban J connectivity index is 1.58. The number of hydrogen-bond donors (Lipinski definition) is 2. The number of aliphatic hydroxyl groups is 1. The van der Waals surface area contributed by atoms with Crippen molar-refractivity contribution >= 4 is 17.6 Å². The number of nitrogens with two attached hydrogens (primary N) is 1. The standard InChI is InChI=1S/C24H31N5O4/c25-21-20(26-10-11-27-21)23(32)28-12-4-3-7-24(17-30)8-13-29(14-9-24)22(31)18-5-1-2-6-19(18)33-16-15-28/h1-2,5-6,10-11,30H,3-4,7-9,12-17H2,(H2,25,27). The molecule has 0 saturated carbocycles. The maximum Gasteiger partial charge on any atom is 0.276 e. The van der Waals surface area contributed by atoms with Crippen LogP contribution >= 0.6 is 0 Å². The summed E-state index contributed by atoms with van der Waals surface area (Å²) in [6.45, 7) is 2.41. The lowest BCUT2D eigenvalue weighted by atomic mass is 9.75. The van der Waals surface area contributed by atoms with E-state index in [9.17, 15) is 14.7 Å². The molecule has 1 saturated heterocycles. The first-order chi connectivity index (χ1) is 16.0. The molecule has 4 heterocycles. The molecule has 0 radical (unpaired) electrons. The lowest BCUT2D eigenvalue weighted by Gasteiger charge is -2.41. The molecule has 9 nitrogen and oxygen atoms in total. The van der Waals surface area contributed by atoms with Gasteiger partial charge in [0, 0.05) is 38.6 Å². The Hall–Kier alpha value is -3.20. The minimum atomic E-state index is -0.290. The highest BCUT2D eigenvalue weighted by atomic mass is 16.5. The summed E-state index contributed by atoms with van der Waals surface area (Å²) in [5.74, 6) is 0.248. The highest BCUT2D eigenvalue weighted by molar-refractivity contribution is 5.97. The molecule has 1 aromatic heterocycles. The molecule has 2 bridgehead atoms. The molecular formula is C24H31N5O4. The van der Waals surface area contributed by atoms with E-state index >= 15 is 0 Å². The molecule has 1 aromatic carbocycles. The monoisotopic (exact) mass is 453 g/mol. The van der Waals surface area contributed by atoms with Crippen molar-refractivity contribution in [1.82, 2.24) is 19.8 Å². The summed E-state index contributed by atoms with van der Waals surface area (Å²) in [7, 11) is 0. The average Bonchev–Trinajstić information content (AvgIpc) is 2.86. The second-order valence-electron chi connectivity index (χ2n) is 8.83. The molecule has 0 unspecified atom stereocenters. The Morgan fingerprint density at radius 3 is 2.58 bits per heavy atom. The van der Waals surface area contributed by atoms with Gasteiger partial charge in [0.1, 0.15) is 12.4 Å². The van der Waals surface area contributed by atoms with Crippen LogP contribution in [0.2, 0.25) is 0 Å². The van der Waals surface area contributed by atoms with Crippen molar-refractivity contribution < 1.29 is 19.4 Å². The third-order valence-corrected chi connectivity index (χ3v) is 6.78. The van der Waals surface area contributed by atoms with E-state index in [0.29, 0.717) is 37.5 Å². The Bertz CT molecular complexity index is 990. The maximum absolute atomic E-state index is 13.2. The molecule has 0 spiro atoms. The quantitative estimate of drug-likeness (QED) is 0.713. The molecule has 3 aliphatic heterocycles. The highest BCUT2D eigenvalue weighted by Crippen LogP contribution is 2.37. The third-order valence-electron chi connectivity index (χ3n) is 6.78. The number of amides is 2. The number of anilines is 1. The lowest BCUT2D eigenvalue weighted by molar-refractivity contribution is 0.0297. The van der Waals surface area contributed by atoms with Gasteiger partial charge >= 0.3 is 0 Å². The van der Waals surface area contributed by atoms with Gasteiger partial charge in [0.15, 0.2) is 11.5 Å². The Labute approximate surface area is 193 Å². The van der Waals surface area contributed by atoms with Crippen LogP contribution < -0.4 is 10.5 Å². The number of aliphatic hydroxyl groups excluding tert-OH is 1. The normalized spacial score (nSPS) is 19.2. The smallest absolute Gasteiger partial charge is 0.276 e. The largest absolute Gasteiger partial charge is 0.491 e. The van der Waals surface area contributed by atoms with E-state index in [1.54, 1.807) is 17.0 Å². The number of aromatic nitrogens is 2. The van der Waals surface area contributed by atoms with Gasteiger partial charge in [0.2, 0.25) is 0 Å². The van der Waals surface area contributed by atoms with Crippen LogP contribution in [0.1, 0.15) is 53.0 Å². The summed E-state index contributed by atoms with van der Waals surface area (Å²) < 4.78 is 5.98. The van der Waals surface area contributed by atoms with Gasteiger partial charge in [0.25, 0.3) is 11.8 Å². The zero-order valence-corrected chi connectivity index (χ0v) is 18.8. The Morgan fingerprint density at radius 1 is 1.06 bits per heavy atom. The van der Waals surface area contributed by atoms with Crippen LogP contribution in [0.4, 0.5) is 5.82 Å². The molecule has 3 aliphatic rings. The van der Waals surface area contributed by atoms with E-state index in [1.165, 1.54) is 12.4 Å². The minimum absolute atomic E-state index is 0.0627. The Morgan fingerprint density at radius 2 is 1.82 bits per heavy atom. The van der Waals surface area contributed by atoms with Crippen LogP contribution in [0.25, 0.3) is 0 Å². The second kappa shape index (κ2) is 10.2. The van der Waals surface area contributed by atoms with E-state index in [1.807, 2.05) is 17.0 Å². The van der Waals surface area contributed by atoms with Crippen LogP contribution in [0, 0.1) is 5.41 Å². The van der Waals surface area contributed by atoms with Crippen molar-refractivity contribution in [2.45, 2.75) is 32.1 Å². The number of benzene rings is 1. The van der Waals surface area contributed by atoms with Crippen LogP contribution in [0.15, 0.2) is 36.7 Å². The van der Waals surface area contributed by atoms with Crippen LogP contribution in [0.3, 0.4) is 0 Å². The number of para-hydroxylation sites is 1. The fourth-order valence-electron chi connectivity index (χ4n) is 4.66. The summed E-state index contributed by atoms with van der Waals surface area (Å²) in [6.07, 6.45) is 6.94. The van der Waals surface area contributed by atoms with E-state index in [4.69, 9.17) is 10.5 Å². The van der Waals surface area contributed by atoms with Crippen molar-refractivity contribution in [1.29, 1.82) is 0 Å². The lowest BCUT2D eigenvalue weighted by Crippen LogP contribution is -2.44. The molecule has 5 rings (SSSR count). The zero-order valence-electron chi connectivity index (χ0n) is 18.8. The summed E-state index contributed by atoms with van der Waals surface area (Å²) >= 11 is 0. The van der Waals surface area contributed by atoms with Gasteiger partial charge in [-0.1, -0.05) is 18.6 Å². The molecule has 176 valence electrons. The molecule has 0 aliphatic carbocycles. The van der Waals surface area contributed by atoms with E-state index in [2.05, 4.69) is 9.97 Å². The summed E-state index contributed by atoms with van der Waals surface area (Å²) in [5, 5.41) is 10.1. The van der Waals surface area contributed by atoms with Gasteiger partial charge < -0.3 is 25.4 Å². The number of rotatable bonds is 2. The van der Waals surface area contributed by atoms with Gasteiger partial charge in [-0.15, -0.1) is 0 Å². The number of nitrogen functional groups attached to an aromatic ring is 1. The number of nitrogens with zero attached hydrogens (tertiary/aromatic N) is 4. The number of fused-ring (bicyclic) bond motifs is 9. The minimum Gasteiger partial charge on any atom is -0.491 e. The number of carbonyl (C=O) groups excluding carboxylic acids is 2. The molecule has 33 heavy (non-hydrogen) atoms. The summed E-state index contributed by atoms with van der Waals surface area (Å²) in [5.41, 5.74) is 6.35. The van der Waals surface area contributed by atoms with Gasteiger partial charge in [-0.25, -0.2) is 9.97 Å². The average molecular weight is 454 g/mol. The number of carbonyl (C=O) groups is 2. The number of hydrogen-bond acceptors (Lipinski definition) is 7. The van der Waals surface area contributed by atoms with Gasteiger partial charge in [0.05, 0.1) is 12.1 Å². The van der Waals surface area contributed by atoms with Crippen LogP contribution in [-0.4, -0.2) is 76.1 Å². The fraction of sp³-hybridized carbons (Fsp3) is 0.500. The predicted molar refractivity (Wildman–Crippen MR) is 123 cm³/mol. The van der Waals surface area contributed by atoms with E-state index < -0.39 is 0 Å². The second-order valence-corrected chi connectivity index (χ2v) is 8.83. The maximum atomic E-state index is 13.2. The first-order valence-corrected chi connectivity index (χ1v) is 11.5. The van der Waals surface area contributed by atoms with Gasteiger partial charge in [-0.3, -0.25) is 9.59 Å². The van der Waals surface area contributed by atoms with Gasteiger partial charge in [-0.05, 0) is 43.2 Å². The van der Waals surface area contributed by atoms with Crippen molar-refractivity contribution in [3.8, 4) is 5.75 Å². The zero-order chi connectivity index (χ0) is 23.3. The first-order valence-electron chi connectivity index (χ1n) is 11.5. The molecule has 3 N–H and O–H groups in total. The van der Waals surface area contributed by atoms with Gasteiger partial charge in [-0.2, -0.15) is 0 Å². The number of piperidine rings is 1. The molecular weight excluding hydrogens is 422 g/mol. The fourth-order valence-corrected chi connectivity index (χ4v) is 4.66. The van der Waals surface area contributed by atoms with Crippen molar-refractivity contribution in [3.63, 3.8) is 0 Å². The molecule has 9 heteroatoms. The summed E-state index contributed by atoms with van der Waals surface area (Å²) in [6, 6.07) is 7.20.